The third-order valence-electron chi connectivity index (χ3n) is 6.26. The molecule has 1 amide bonds. The van der Waals surface area contributed by atoms with Gasteiger partial charge in [0, 0.05) is 12.5 Å². The highest BCUT2D eigenvalue weighted by molar-refractivity contribution is 5.82. The molecule has 2 aliphatic carbocycles. The van der Waals surface area contributed by atoms with E-state index in [1.165, 1.54) is 5.56 Å². The van der Waals surface area contributed by atoms with Crippen LogP contribution < -0.4 is 10.9 Å². The lowest BCUT2D eigenvalue weighted by molar-refractivity contribution is -0.126. The van der Waals surface area contributed by atoms with Crippen molar-refractivity contribution in [2.45, 2.75) is 18.8 Å². The van der Waals surface area contributed by atoms with Crippen LogP contribution in [0.2, 0.25) is 0 Å². The van der Waals surface area contributed by atoms with Gasteiger partial charge in [0.05, 0.1) is 16.8 Å². The van der Waals surface area contributed by atoms with Gasteiger partial charge < -0.3 is 10.3 Å². The number of rotatable bonds is 5. The van der Waals surface area contributed by atoms with Crippen LogP contribution >= 0.6 is 0 Å². The second kappa shape index (κ2) is 7.32. The minimum absolute atomic E-state index is 0.0542. The Morgan fingerprint density at radius 2 is 1.79 bits per heavy atom. The fraction of sp³-hybridized carbons (Fsp3) is 0.292. The molecule has 5 nitrogen and oxygen atoms in total. The molecule has 1 aromatic heterocycles. The van der Waals surface area contributed by atoms with Crippen LogP contribution in [0.5, 0.6) is 0 Å². The molecule has 0 radical (unpaired) electrons. The quantitative estimate of drug-likeness (QED) is 0.663. The topological polar surface area (TPSA) is 74.8 Å². The first kappa shape index (κ1) is 17.9. The standard InChI is InChI=1S/C24H23N3O2/c28-23-18-8-4-5-9-19(18)26-22(27-23)20-16-10-11-17(14-16)21(20)24(29)25-13-12-15-6-2-1-3-7-15/h1-11,16-17,20-21H,12-14H2,(H,25,29)(H,26,27,28)/t16-,17-,20-,21-/m0/s1. The maximum atomic E-state index is 13.1. The predicted molar refractivity (Wildman–Crippen MR) is 112 cm³/mol. The van der Waals surface area contributed by atoms with Gasteiger partial charge in [-0.3, -0.25) is 9.59 Å². The first-order valence-corrected chi connectivity index (χ1v) is 10.2. The zero-order chi connectivity index (χ0) is 19.8. The van der Waals surface area contributed by atoms with Crippen molar-refractivity contribution in [3.05, 3.63) is 88.5 Å². The van der Waals surface area contributed by atoms with E-state index in [1.54, 1.807) is 6.07 Å². The van der Waals surface area contributed by atoms with E-state index in [2.05, 4.69) is 34.6 Å². The van der Waals surface area contributed by atoms with E-state index in [-0.39, 0.29) is 35.1 Å². The van der Waals surface area contributed by atoms with Crippen LogP contribution in [0.4, 0.5) is 0 Å². The molecule has 2 N–H and O–H groups in total. The van der Waals surface area contributed by atoms with Crippen LogP contribution in [0.15, 0.2) is 71.5 Å². The lowest BCUT2D eigenvalue weighted by Gasteiger charge is -2.26. The SMILES string of the molecule is O=C(NCCc1ccccc1)[C@@H]1[C@@H](c2nc3ccccc3c(=O)[nH]2)[C@H]2C=C[C@H]1C2. The molecule has 0 saturated heterocycles. The number of benzene rings is 2. The van der Waals surface area contributed by atoms with Crippen molar-refractivity contribution in [3.8, 4) is 0 Å². The second-order valence-electron chi connectivity index (χ2n) is 7.99. The summed E-state index contributed by atoms with van der Waals surface area (Å²) in [6.45, 7) is 0.606. The summed E-state index contributed by atoms with van der Waals surface area (Å²) in [5, 5.41) is 3.70. The second-order valence-corrected chi connectivity index (χ2v) is 7.99. The van der Waals surface area contributed by atoms with E-state index in [0.717, 1.165) is 12.8 Å². The fourth-order valence-electron chi connectivity index (χ4n) is 4.91. The number of amides is 1. The van der Waals surface area contributed by atoms with Gasteiger partial charge in [-0.15, -0.1) is 0 Å². The molecule has 3 aromatic rings. The number of carbonyl (C=O) groups excluding carboxylic acids is 1. The Hall–Kier alpha value is -3.21. The molecule has 0 unspecified atom stereocenters. The van der Waals surface area contributed by atoms with E-state index in [4.69, 9.17) is 4.98 Å². The van der Waals surface area contributed by atoms with E-state index in [9.17, 15) is 9.59 Å². The molecule has 5 heteroatoms. The van der Waals surface area contributed by atoms with Gasteiger partial charge in [0.25, 0.3) is 5.56 Å². The number of para-hydroxylation sites is 1. The van der Waals surface area contributed by atoms with Gasteiger partial charge in [0.15, 0.2) is 0 Å². The lowest BCUT2D eigenvalue weighted by atomic mass is 9.81. The summed E-state index contributed by atoms with van der Waals surface area (Å²) >= 11 is 0. The van der Waals surface area contributed by atoms with Crippen molar-refractivity contribution < 1.29 is 4.79 Å². The largest absolute Gasteiger partial charge is 0.355 e. The summed E-state index contributed by atoms with van der Waals surface area (Å²) in [6, 6.07) is 17.5. The number of hydrogen-bond acceptors (Lipinski definition) is 3. The van der Waals surface area contributed by atoms with E-state index < -0.39 is 0 Å². The van der Waals surface area contributed by atoms with Crippen LogP contribution in [0.3, 0.4) is 0 Å². The number of carbonyl (C=O) groups is 1. The van der Waals surface area contributed by atoms with Crippen molar-refractivity contribution in [1.29, 1.82) is 0 Å². The van der Waals surface area contributed by atoms with Crippen molar-refractivity contribution in [3.63, 3.8) is 0 Å². The highest BCUT2D eigenvalue weighted by Gasteiger charge is 2.49. The van der Waals surface area contributed by atoms with Crippen molar-refractivity contribution in [2.24, 2.45) is 17.8 Å². The van der Waals surface area contributed by atoms with Crippen molar-refractivity contribution >= 4 is 16.8 Å². The number of nitrogens with one attached hydrogen (secondary N) is 2. The smallest absolute Gasteiger partial charge is 0.258 e. The Morgan fingerprint density at radius 1 is 1.03 bits per heavy atom. The normalized spacial score (nSPS) is 24.8. The molecule has 5 rings (SSSR count). The van der Waals surface area contributed by atoms with Gasteiger partial charge in [-0.25, -0.2) is 4.98 Å². The summed E-state index contributed by atoms with van der Waals surface area (Å²) in [6.07, 6.45) is 6.08. The van der Waals surface area contributed by atoms with Gasteiger partial charge in [-0.05, 0) is 42.4 Å². The first-order valence-electron chi connectivity index (χ1n) is 10.2. The number of allylic oxidation sites excluding steroid dienone is 2. The van der Waals surface area contributed by atoms with Crippen LogP contribution in [-0.4, -0.2) is 22.4 Å². The van der Waals surface area contributed by atoms with Gasteiger partial charge in [-0.2, -0.15) is 0 Å². The van der Waals surface area contributed by atoms with Crippen LogP contribution in [-0.2, 0) is 11.2 Å². The van der Waals surface area contributed by atoms with Crippen LogP contribution in [0.25, 0.3) is 10.9 Å². The first-order chi connectivity index (χ1) is 14.2. The number of aromatic amines is 1. The molecular weight excluding hydrogens is 362 g/mol. The summed E-state index contributed by atoms with van der Waals surface area (Å²) < 4.78 is 0. The minimum Gasteiger partial charge on any atom is -0.355 e. The molecule has 2 bridgehead atoms. The van der Waals surface area contributed by atoms with Crippen LogP contribution in [0.1, 0.15) is 23.7 Å². The number of aromatic nitrogens is 2. The maximum Gasteiger partial charge on any atom is 0.258 e. The summed E-state index contributed by atoms with van der Waals surface area (Å²) in [7, 11) is 0. The Morgan fingerprint density at radius 3 is 2.66 bits per heavy atom. The molecule has 146 valence electrons. The molecule has 1 fully saturated rings. The third-order valence-corrected chi connectivity index (χ3v) is 6.26. The van der Waals surface area contributed by atoms with E-state index in [1.807, 2.05) is 36.4 Å². The Kier molecular flexibility index (Phi) is 4.51. The van der Waals surface area contributed by atoms with E-state index >= 15 is 0 Å². The highest BCUT2D eigenvalue weighted by Crippen LogP contribution is 2.52. The lowest BCUT2D eigenvalue weighted by Crippen LogP contribution is -2.38. The minimum atomic E-state index is -0.190. The van der Waals surface area contributed by atoms with Gasteiger partial charge >= 0.3 is 0 Å². The molecular formula is C24H23N3O2. The molecule has 1 saturated carbocycles. The molecule has 2 aliphatic rings. The Bertz CT molecular complexity index is 1140. The zero-order valence-electron chi connectivity index (χ0n) is 16.0. The Labute approximate surface area is 168 Å². The van der Waals surface area contributed by atoms with E-state index in [0.29, 0.717) is 23.3 Å². The summed E-state index contributed by atoms with van der Waals surface area (Å²) in [5.41, 5.74) is 1.75. The van der Waals surface area contributed by atoms with Crippen LogP contribution in [0, 0.1) is 17.8 Å². The average molecular weight is 385 g/mol. The number of H-pyrrole nitrogens is 1. The maximum absolute atomic E-state index is 13.1. The number of hydrogen-bond donors (Lipinski definition) is 2. The van der Waals surface area contributed by atoms with Gasteiger partial charge in [0.1, 0.15) is 5.82 Å². The Balaban J connectivity index is 1.38. The molecule has 29 heavy (non-hydrogen) atoms. The van der Waals surface area contributed by atoms with Crippen molar-refractivity contribution in [2.75, 3.05) is 6.54 Å². The molecule has 4 atom stereocenters. The third kappa shape index (κ3) is 3.27. The predicted octanol–water partition coefficient (Wildman–Crippen LogP) is 3.19. The number of nitrogens with zero attached hydrogens (tertiary/aromatic N) is 1. The molecule has 0 aliphatic heterocycles. The summed E-state index contributed by atoms with van der Waals surface area (Å²) in [5.74, 6) is 0.865. The fourth-order valence-corrected chi connectivity index (χ4v) is 4.91. The average Bonchev–Trinajstić information content (AvgIpc) is 3.36. The molecule has 2 aromatic carbocycles. The van der Waals surface area contributed by atoms with Gasteiger partial charge in [-0.1, -0.05) is 54.6 Å². The van der Waals surface area contributed by atoms with Gasteiger partial charge in [0.2, 0.25) is 5.91 Å². The highest BCUT2D eigenvalue weighted by atomic mass is 16.2. The van der Waals surface area contributed by atoms with Crippen molar-refractivity contribution in [1.82, 2.24) is 15.3 Å². The molecule has 1 heterocycles. The monoisotopic (exact) mass is 385 g/mol. The summed E-state index contributed by atoms with van der Waals surface area (Å²) in [4.78, 5) is 33.3. The number of fused-ring (bicyclic) bond motifs is 3. The molecule has 0 spiro atoms. The zero-order valence-corrected chi connectivity index (χ0v) is 16.0.